The number of carbonyl (C=O) groups excluding carboxylic acids is 2. The van der Waals surface area contributed by atoms with Gasteiger partial charge in [0.2, 0.25) is 6.41 Å². The van der Waals surface area contributed by atoms with E-state index in [2.05, 4.69) is 28.2 Å². The summed E-state index contributed by atoms with van der Waals surface area (Å²) in [6.45, 7) is 10.3. The van der Waals surface area contributed by atoms with E-state index < -0.39 is 0 Å². The minimum absolute atomic E-state index is 0.00551. The fourth-order valence-electron chi connectivity index (χ4n) is 4.51. The number of ether oxygens (including phenoxy) is 1. The molecular formula is C28H34N4O5. The number of anilines is 2. The Hall–Kier alpha value is -3.69. The first-order chi connectivity index (χ1) is 17.9. The molecule has 5 rings (SSSR count). The van der Waals surface area contributed by atoms with Crippen molar-refractivity contribution in [2.24, 2.45) is 0 Å². The van der Waals surface area contributed by atoms with Crippen LogP contribution < -0.4 is 15.6 Å². The summed E-state index contributed by atoms with van der Waals surface area (Å²) in [5.41, 5.74) is 4.23. The number of amides is 2. The largest absolute Gasteiger partial charge is 0.459 e. The third-order valence-corrected chi connectivity index (χ3v) is 6.58. The van der Waals surface area contributed by atoms with Crippen molar-refractivity contribution in [1.29, 1.82) is 0 Å². The van der Waals surface area contributed by atoms with Crippen molar-refractivity contribution in [1.82, 2.24) is 9.80 Å². The van der Waals surface area contributed by atoms with Gasteiger partial charge in [0, 0.05) is 56.6 Å². The van der Waals surface area contributed by atoms with Crippen LogP contribution in [0.2, 0.25) is 0 Å². The van der Waals surface area contributed by atoms with Crippen LogP contribution >= 0.6 is 0 Å². The Bertz CT molecular complexity index is 1290. The lowest BCUT2D eigenvalue weighted by atomic mass is 10.1. The van der Waals surface area contributed by atoms with Gasteiger partial charge < -0.3 is 29.2 Å². The summed E-state index contributed by atoms with van der Waals surface area (Å²) >= 11 is 0. The molecule has 0 spiro atoms. The third-order valence-electron chi connectivity index (χ3n) is 6.58. The second kappa shape index (κ2) is 12.0. The van der Waals surface area contributed by atoms with Gasteiger partial charge in [-0.05, 0) is 62.9 Å². The number of piperazine rings is 1. The van der Waals surface area contributed by atoms with Gasteiger partial charge in [0.1, 0.15) is 5.76 Å². The standard InChI is InChI=1S/C16H20N2O2.C12H14N2O3/c1-11-8-13-15(19)10-12(2)20-16(13)14(9-11)18-6-4-17(3)5-7-18;15-9-13-11-3-1-10(2-4-11)12(16)14-5-7-17-8-6-14/h8-10H,4-7H2,1-3H3;1-4,9H,5-8H2,(H,13,15). The molecule has 1 N–H and O–H groups in total. The Kier molecular flexibility index (Phi) is 8.58. The number of aryl methyl sites for hydroxylation is 2. The summed E-state index contributed by atoms with van der Waals surface area (Å²) in [5.74, 6) is 0.674. The molecule has 9 heteroatoms. The number of carbonyl (C=O) groups is 2. The molecule has 2 amide bonds. The minimum atomic E-state index is 0.00551. The number of morpholine rings is 1. The fourth-order valence-corrected chi connectivity index (χ4v) is 4.51. The van der Waals surface area contributed by atoms with E-state index in [0.717, 1.165) is 43.0 Å². The molecule has 0 aliphatic carbocycles. The second-order valence-corrected chi connectivity index (χ2v) is 9.42. The lowest BCUT2D eigenvalue weighted by molar-refractivity contribution is -0.105. The van der Waals surface area contributed by atoms with Crippen LogP contribution in [0.3, 0.4) is 0 Å². The van der Waals surface area contributed by atoms with Crippen molar-refractivity contribution >= 4 is 34.7 Å². The Labute approximate surface area is 216 Å². The highest BCUT2D eigenvalue weighted by molar-refractivity contribution is 5.95. The van der Waals surface area contributed by atoms with Gasteiger partial charge in [0.05, 0.1) is 24.3 Å². The highest BCUT2D eigenvalue weighted by Crippen LogP contribution is 2.28. The zero-order valence-corrected chi connectivity index (χ0v) is 21.7. The molecule has 2 fully saturated rings. The molecule has 0 unspecified atom stereocenters. The molecule has 2 aliphatic heterocycles. The van der Waals surface area contributed by atoms with Crippen LogP contribution in [0.1, 0.15) is 21.7 Å². The van der Waals surface area contributed by atoms with E-state index in [1.54, 1.807) is 35.2 Å². The van der Waals surface area contributed by atoms with Crippen LogP contribution in [-0.4, -0.2) is 81.6 Å². The van der Waals surface area contributed by atoms with E-state index in [0.29, 0.717) is 55.1 Å². The molecule has 1 aromatic heterocycles. The van der Waals surface area contributed by atoms with E-state index in [1.807, 2.05) is 19.9 Å². The highest BCUT2D eigenvalue weighted by Gasteiger charge is 2.20. The number of likely N-dealkylation sites (N-methyl/N-ethyl adjacent to an activating group) is 1. The number of hydrogen-bond donors (Lipinski definition) is 1. The summed E-state index contributed by atoms with van der Waals surface area (Å²) in [7, 11) is 2.13. The van der Waals surface area contributed by atoms with E-state index in [1.165, 1.54) is 0 Å². The van der Waals surface area contributed by atoms with E-state index >= 15 is 0 Å². The van der Waals surface area contributed by atoms with Crippen molar-refractivity contribution in [3.8, 4) is 0 Å². The summed E-state index contributed by atoms with van der Waals surface area (Å²) in [4.78, 5) is 40.8. The topological polar surface area (TPSA) is 95.3 Å². The monoisotopic (exact) mass is 506 g/mol. The maximum Gasteiger partial charge on any atom is 0.254 e. The summed E-state index contributed by atoms with van der Waals surface area (Å²) in [6.07, 6.45) is 0.610. The number of nitrogens with zero attached hydrogens (tertiary/aromatic N) is 3. The van der Waals surface area contributed by atoms with Crippen LogP contribution in [0.15, 0.2) is 51.7 Å². The second-order valence-electron chi connectivity index (χ2n) is 9.42. The van der Waals surface area contributed by atoms with E-state index in [4.69, 9.17) is 9.15 Å². The van der Waals surface area contributed by atoms with Gasteiger partial charge in [-0.25, -0.2) is 0 Å². The van der Waals surface area contributed by atoms with Gasteiger partial charge in [-0.1, -0.05) is 0 Å². The Morgan fingerprint density at radius 2 is 1.62 bits per heavy atom. The number of benzene rings is 2. The Morgan fingerprint density at radius 3 is 2.27 bits per heavy atom. The molecule has 0 saturated carbocycles. The molecule has 2 saturated heterocycles. The molecule has 2 aliphatic rings. The molecule has 9 nitrogen and oxygen atoms in total. The average Bonchev–Trinajstić information content (AvgIpc) is 2.90. The molecule has 196 valence electrons. The molecule has 0 bridgehead atoms. The minimum Gasteiger partial charge on any atom is -0.459 e. The highest BCUT2D eigenvalue weighted by atomic mass is 16.5. The summed E-state index contributed by atoms with van der Waals surface area (Å²) in [6, 6.07) is 12.4. The average molecular weight is 507 g/mol. The molecule has 0 radical (unpaired) electrons. The number of hydrogen-bond acceptors (Lipinski definition) is 7. The molecule has 2 aromatic carbocycles. The predicted molar refractivity (Wildman–Crippen MR) is 145 cm³/mol. The maximum atomic E-state index is 12.2. The summed E-state index contributed by atoms with van der Waals surface area (Å²) in [5, 5.41) is 3.21. The van der Waals surface area contributed by atoms with Crippen LogP contribution in [0.5, 0.6) is 0 Å². The zero-order valence-electron chi connectivity index (χ0n) is 21.7. The van der Waals surface area contributed by atoms with Gasteiger partial charge in [0.15, 0.2) is 11.0 Å². The molecule has 3 heterocycles. The van der Waals surface area contributed by atoms with Crippen molar-refractivity contribution in [2.45, 2.75) is 13.8 Å². The van der Waals surface area contributed by atoms with Gasteiger partial charge in [-0.15, -0.1) is 0 Å². The fraction of sp³-hybridized carbons (Fsp3) is 0.393. The van der Waals surface area contributed by atoms with Crippen LogP contribution in [-0.2, 0) is 9.53 Å². The van der Waals surface area contributed by atoms with E-state index in [-0.39, 0.29) is 11.3 Å². The van der Waals surface area contributed by atoms with Gasteiger partial charge in [0.25, 0.3) is 5.91 Å². The van der Waals surface area contributed by atoms with Crippen LogP contribution in [0.25, 0.3) is 11.0 Å². The summed E-state index contributed by atoms with van der Waals surface area (Å²) < 4.78 is 11.0. The number of rotatable bonds is 4. The SMILES string of the molecule is Cc1cc(N2CCN(C)CC2)c2oc(C)cc(=O)c2c1.O=CNc1ccc(C(=O)N2CCOCC2)cc1. The lowest BCUT2D eigenvalue weighted by Crippen LogP contribution is -2.44. The predicted octanol–water partition coefficient (Wildman–Crippen LogP) is 2.89. The van der Waals surface area contributed by atoms with Gasteiger partial charge in [-0.3, -0.25) is 14.4 Å². The van der Waals surface area contributed by atoms with Crippen LogP contribution in [0, 0.1) is 13.8 Å². The smallest absolute Gasteiger partial charge is 0.254 e. The van der Waals surface area contributed by atoms with E-state index in [9.17, 15) is 14.4 Å². The molecular weight excluding hydrogens is 472 g/mol. The first-order valence-corrected chi connectivity index (χ1v) is 12.5. The zero-order chi connectivity index (χ0) is 26.4. The van der Waals surface area contributed by atoms with Gasteiger partial charge >= 0.3 is 0 Å². The Morgan fingerprint density at radius 1 is 0.946 bits per heavy atom. The van der Waals surface area contributed by atoms with Crippen molar-refractivity contribution < 1.29 is 18.7 Å². The first-order valence-electron chi connectivity index (χ1n) is 12.5. The first kappa shape index (κ1) is 26.4. The number of fused-ring (bicyclic) bond motifs is 1. The van der Waals surface area contributed by atoms with Crippen molar-refractivity contribution in [2.75, 3.05) is 69.7 Å². The van der Waals surface area contributed by atoms with Crippen molar-refractivity contribution in [3.63, 3.8) is 0 Å². The lowest BCUT2D eigenvalue weighted by Gasteiger charge is -2.34. The number of nitrogens with one attached hydrogen (secondary N) is 1. The third kappa shape index (κ3) is 6.55. The molecule has 0 atom stereocenters. The Balaban J connectivity index is 0.000000176. The normalized spacial score (nSPS) is 16.2. The van der Waals surface area contributed by atoms with Gasteiger partial charge in [-0.2, -0.15) is 0 Å². The molecule has 37 heavy (non-hydrogen) atoms. The quantitative estimate of drug-likeness (QED) is 0.544. The maximum absolute atomic E-state index is 12.2. The van der Waals surface area contributed by atoms with Crippen molar-refractivity contribution in [3.05, 3.63) is 69.6 Å². The van der Waals surface area contributed by atoms with Crippen LogP contribution in [0.4, 0.5) is 11.4 Å². The molecule has 3 aromatic rings.